The van der Waals surface area contributed by atoms with Crippen LogP contribution in [0.15, 0.2) is 24.5 Å². The van der Waals surface area contributed by atoms with E-state index in [2.05, 4.69) is 35.1 Å². The van der Waals surface area contributed by atoms with E-state index in [-0.39, 0.29) is 0 Å². The summed E-state index contributed by atoms with van der Waals surface area (Å²) >= 11 is 0. The second-order valence-corrected chi connectivity index (χ2v) is 4.85. The van der Waals surface area contributed by atoms with Gasteiger partial charge in [0.1, 0.15) is 0 Å². The molecule has 1 saturated heterocycles. The lowest BCUT2D eigenvalue weighted by Crippen LogP contribution is -2.37. The predicted octanol–water partition coefficient (Wildman–Crippen LogP) is 1.65. The molecule has 2 heterocycles. The van der Waals surface area contributed by atoms with E-state index in [4.69, 9.17) is 0 Å². The van der Waals surface area contributed by atoms with Gasteiger partial charge in [-0.05, 0) is 31.9 Å². The van der Waals surface area contributed by atoms with Crippen molar-refractivity contribution < 1.29 is 0 Å². The van der Waals surface area contributed by atoms with Crippen LogP contribution in [0, 0.1) is 0 Å². The Balaban J connectivity index is 1.94. The summed E-state index contributed by atoms with van der Waals surface area (Å²) in [6.07, 6.45) is 5.02. The molecule has 1 aliphatic rings. The van der Waals surface area contributed by atoms with Crippen LogP contribution in [0.1, 0.15) is 25.8 Å². The third-order valence-corrected chi connectivity index (χ3v) is 3.11. The van der Waals surface area contributed by atoms with Gasteiger partial charge in [-0.2, -0.15) is 0 Å². The lowest BCUT2D eigenvalue weighted by molar-refractivity contribution is 0.264. The summed E-state index contributed by atoms with van der Waals surface area (Å²) in [5.41, 5.74) is 1.31. The van der Waals surface area contributed by atoms with E-state index < -0.39 is 0 Å². The van der Waals surface area contributed by atoms with E-state index in [0.29, 0.717) is 12.1 Å². The summed E-state index contributed by atoms with van der Waals surface area (Å²) in [6.45, 7) is 7.85. The molecule has 0 amide bonds. The Bertz CT molecular complexity index is 312. The highest BCUT2D eigenvalue weighted by molar-refractivity contribution is 5.08. The van der Waals surface area contributed by atoms with E-state index in [1.165, 1.54) is 18.5 Å². The number of hydrogen-bond acceptors (Lipinski definition) is 3. The zero-order valence-electron chi connectivity index (χ0n) is 10.2. The summed E-state index contributed by atoms with van der Waals surface area (Å²) in [5.74, 6) is 0. The SMILES string of the molecule is CC1CCN(Cc2cccnc2)CC(C)N1. The highest BCUT2D eigenvalue weighted by atomic mass is 15.2. The van der Waals surface area contributed by atoms with Gasteiger partial charge in [-0.3, -0.25) is 9.88 Å². The molecule has 3 heteroatoms. The van der Waals surface area contributed by atoms with Crippen molar-refractivity contribution in [3.8, 4) is 0 Å². The molecule has 1 aliphatic heterocycles. The molecule has 1 aromatic rings. The van der Waals surface area contributed by atoms with E-state index in [1.807, 2.05) is 18.5 Å². The molecule has 3 nitrogen and oxygen atoms in total. The molecule has 0 aromatic carbocycles. The van der Waals surface area contributed by atoms with Crippen LogP contribution < -0.4 is 5.32 Å². The Kier molecular flexibility index (Phi) is 3.91. The number of aromatic nitrogens is 1. The first-order chi connectivity index (χ1) is 7.74. The topological polar surface area (TPSA) is 28.2 Å². The molecular weight excluding hydrogens is 198 g/mol. The molecule has 0 spiro atoms. The van der Waals surface area contributed by atoms with Crippen LogP contribution in [0.2, 0.25) is 0 Å². The lowest BCUT2D eigenvalue weighted by Gasteiger charge is -2.22. The molecule has 2 rings (SSSR count). The minimum absolute atomic E-state index is 0.578. The molecule has 88 valence electrons. The van der Waals surface area contributed by atoms with Crippen LogP contribution in [0.3, 0.4) is 0 Å². The van der Waals surface area contributed by atoms with Crippen LogP contribution in [0.5, 0.6) is 0 Å². The van der Waals surface area contributed by atoms with Gasteiger partial charge in [0.05, 0.1) is 0 Å². The molecule has 1 N–H and O–H groups in total. The fourth-order valence-corrected chi connectivity index (χ4v) is 2.37. The third-order valence-electron chi connectivity index (χ3n) is 3.11. The van der Waals surface area contributed by atoms with E-state index in [9.17, 15) is 0 Å². The normalized spacial score (nSPS) is 27.6. The largest absolute Gasteiger partial charge is 0.310 e. The van der Waals surface area contributed by atoms with Crippen LogP contribution in [0.25, 0.3) is 0 Å². The molecule has 1 fully saturated rings. The van der Waals surface area contributed by atoms with Gasteiger partial charge in [0.2, 0.25) is 0 Å². The minimum atomic E-state index is 0.578. The Morgan fingerprint density at radius 2 is 2.31 bits per heavy atom. The average molecular weight is 219 g/mol. The average Bonchev–Trinajstić information content (AvgIpc) is 2.41. The smallest absolute Gasteiger partial charge is 0.0312 e. The van der Waals surface area contributed by atoms with E-state index >= 15 is 0 Å². The Labute approximate surface area is 97.9 Å². The van der Waals surface area contributed by atoms with Gasteiger partial charge < -0.3 is 5.32 Å². The van der Waals surface area contributed by atoms with Crippen LogP contribution in [-0.4, -0.2) is 35.1 Å². The van der Waals surface area contributed by atoms with Crippen molar-refractivity contribution >= 4 is 0 Å². The summed E-state index contributed by atoms with van der Waals surface area (Å²) in [6, 6.07) is 5.37. The van der Waals surface area contributed by atoms with Gasteiger partial charge in [-0.15, -0.1) is 0 Å². The van der Waals surface area contributed by atoms with Crippen molar-refractivity contribution in [2.75, 3.05) is 13.1 Å². The van der Waals surface area contributed by atoms with Crippen LogP contribution in [-0.2, 0) is 6.54 Å². The number of pyridine rings is 1. The first-order valence-electron chi connectivity index (χ1n) is 6.11. The maximum atomic E-state index is 4.17. The van der Waals surface area contributed by atoms with Crippen molar-refractivity contribution in [3.05, 3.63) is 30.1 Å². The number of hydrogen-bond donors (Lipinski definition) is 1. The van der Waals surface area contributed by atoms with Gasteiger partial charge in [0.25, 0.3) is 0 Å². The van der Waals surface area contributed by atoms with Gasteiger partial charge in [0.15, 0.2) is 0 Å². The third kappa shape index (κ3) is 3.29. The Morgan fingerprint density at radius 3 is 3.06 bits per heavy atom. The highest BCUT2D eigenvalue weighted by Crippen LogP contribution is 2.09. The molecular formula is C13H21N3. The lowest BCUT2D eigenvalue weighted by atomic mass is 10.2. The summed E-state index contributed by atoms with van der Waals surface area (Å²) in [4.78, 5) is 6.68. The summed E-state index contributed by atoms with van der Waals surface area (Å²) in [5, 5.41) is 3.60. The minimum Gasteiger partial charge on any atom is -0.310 e. The van der Waals surface area contributed by atoms with E-state index in [1.54, 1.807) is 0 Å². The van der Waals surface area contributed by atoms with Crippen LogP contribution >= 0.6 is 0 Å². The van der Waals surface area contributed by atoms with Crippen molar-refractivity contribution in [1.29, 1.82) is 0 Å². The van der Waals surface area contributed by atoms with Gasteiger partial charge >= 0.3 is 0 Å². The second-order valence-electron chi connectivity index (χ2n) is 4.85. The maximum absolute atomic E-state index is 4.17. The fourth-order valence-electron chi connectivity index (χ4n) is 2.37. The first-order valence-corrected chi connectivity index (χ1v) is 6.11. The molecule has 1 aromatic heterocycles. The predicted molar refractivity (Wildman–Crippen MR) is 66.2 cm³/mol. The summed E-state index contributed by atoms with van der Waals surface area (Å²) < 4.78 is 0. The van der Waals surface area contributed by atoms with Crippen molar-refractivity contribution in [2.45, 2.75) is 38.9 Å². The molecule has 2 atom stereocenters. The monoisotopic (exact) mass is 219 g/mol. The van der Waals surface area contributed by atoms with Crippen molar-refractivity contribution in [2.24, 2.45) is 0 Å². The van der Waals surface area contributed by atoms with Gasteiger partial charge in [0, 0.05) is 44.1 Å². The zero-order valence-corrected chi connectivity index (χ0v) is 10.2. The fraction of sp³-hybridized carbons (Fsp3) is 0.615. The second kappa shape index (κ2) is 5.41. The van der Waals surface area contributed by atoms with Crippen LogP contribution in [0.4, 0.5) is 0 Å². The summed E-state index contributed by atoms with van der Waals surface area (Å²) in [7, 11) is 0. The molecule has 0 aliphatic carbocycles. The first kappa shape index (κ1) is 11.6. The zero-order chi connectivity index (χ0) is 11.4. The maximum Gasteiger partial charge on any atom is 0.0312 e. The molecule has 2 unspecified atom stereocenters. The molecule has 0 radical (unpaired) electrons. The number of rotatable bonds is 2. The standard InChI is InChI=1S/C13H21N3/c1-11-5-7-16(9-12(2)15-11)10-13-4-3-6-14-8-13/h3-4,6,8,11-12,15H,5,7,9-10H2,1-2H3. The number of nitrogens with zero attached hydrogens (tertiary/aromatic N) is 2. The Hall–Kier alpha value is -0.930. The van der Waals surface area contributed by atoms with Crippen molar-refractivity contribution in [1.82, 2.24) is 15.2 Å². The number of nitrogens with one attached hydrogen (secondary N) is 1. The van der Waals surface area contributed by atoms with Gasteiger partial charge in [-0.1, -0.05) is 6.07 Å². The molecule has 0 saturated carbocycles. The van der Waals surface area contributed by atoms with Gasteiger partial charge in [-0.25, -0.2) is 0 Å². The quantitative estimate of drug-likeness (QED) is 0.820. The van der Waals surface area contributed by atoms with Crippen molar-refractivity contribution in [3.63, 3.8) is 0 Å². The molecule has 0 bridgehead atoms. The molecule has 16 heavy (non-hydrogen) atoms. The Morgan fingerprint density at radius 1 is 1.44 bits per heavy atom. The highest BCUT2D eigenvalue weighted by Gasteiger charge is 2.17. The van der Waals surface area contributed by atoms with E-state index in [0.717, 1.165) is 13.1 Å².